The molecular weight excluding hydrogens is 2210 g/mol. The number of carbonyl (C=O) groups is 6. The van der Waals surface area contributed by atoms with Gasteiger partial charge in [-0.05, 0) is 233 Å². The molecule has 0 bridgehead atoms. The van der Waals surface area contributed by atoms with Crippen molar-refractivity contribution in [3.05, 3.63) is 243 Å². The molecular formula is C111H137Br2Cl8N17O12. The maximum absolute atomic E-state index is 14.4. The molecule has 12 heterocycles. The average molecular weight is 2340 g/mol. The Kier molecular flexibility index (Phi) is 50.1. The maximum Gasteiger partial charge on any atom is 0.319 e. The Morgan fingerprint density at radius 1 is 0.527 bits per heavy atom. The third kappa shape index (κ3) is 29.4. The van der Waals surface area contributed by atoms with E-state index in [9.17, 15) is 39.1 Å². The number of aromatic nitrogens is 10. The number of rotatable bonds is 9. The average Bonchev–Trinajstić information content (AvgIpc) is 1.54. The van der Waals surface area contributed by atoms with E-state index in [0.717, 1.165) is 115 Å². The fraction of sp³-hybridized carbons (Fsp3) is 0.495. The molecule has 0 saturated carbocycles. The number of benzene rings is 4. The molecule has 4 aromatic carbocycles. The van der Waals surface area contributed by atoms with Crippen molar-refractivity contribution in [2.24, 2.45) is 5.92 Å². The van der Waals surface area contributed by atoms with Crippen LogP contribution in [0.2, 0.25) is 41.7 Å². The van der Waals surface area contributed by atoms with Crippen molar-refractivity contribution in [1.29, 1.82) is 10.5 Å². The molecule has 3 N–H and O–H groups in total. The molecule has 4 fully saturated rings. The fourth-order valence-corrected chi connectivity index (χ4v) is 22.6. The number of Topliss-reactive ketones (excluding diaryl/α,β-unsaturated/α-hetero) is 5. The van der Waals surface area contributed by atoms with Gasteiger partial charge in [-0.25, -0.2) is 39.9 Å². The molecule has 808 valence electrons. The van der Waals surface area contributed by atoms with Crippen LogP contribution in [0.4, 0.5) is 5.82 Å². The molecule has 5 aromatic heterocycles. The first-order valence-corrected chi connectivity index (χ1v) is 55.7. The molecule has 1 amide bonds. The third-order valence-corrected chi connectivity index (χ3v) is 31.1. The number of hydrogen-bond donors (Lipinski definition) is 3. The fourth-order valence-electron chi connectivity index (χ4n) is 19.9. The van der Waals surface area contributed by atoms with Crippen molar-refractivity contribution in [2.75, 3.05) is 78.0 Å². The van der Waals surface area contributed by atoms with E-state index in [0.29, 0.717) is 147 Å². The number of amides is 1. The lowest BCUT2D eigenvalue weighted by Crippen LogP contribution is -2.55. The lowest BCUT2D eigenvalue weighted by atomic mass is 9.73. The number of anilines is 1. The van der Waals surface area contributed by atoms with Gasteiger partial charge in [0.05, 0.1) is 36.0 Å². The summed E-state index contributed by atoms with van der Waals surface area (Å²) in [4.78, 5) is 125. The number of fused-ring (bicyclic) bond motifs is 8. The van der Waals surface area contributed by atoms with E-state index in [2.05, 4.69) is 138 Å². The van der Waals surface area contributed by atoms with Crippen LogP contribution in [0.25, 0.3) is 0 Å². The number of carbonyl (C=O) groups excluding carboxylic acids is 6. The van der Waals surface area contributed by atoms with Gasteiger partial charge in [0.2, 0.25) is 44.4 Å². The van der Waals surface area contributed by atoms with Gasteiger partial charge in [0.25, 0.3) is 0 Å². The lowest BCUT2D eigenvalue weighted by molar-refractivity contribution is -0.128. The van der Waals surface area contributed by atoms with Crippen molar-refractivity contribution in [2.45, 2.75) is 275 Å². The number of phenols is 1. The Morgan fingerprint density at radius 2 is 0.947 bits per heavy atom. The van der Waals surface area contributed by atoms with E-state index >= 15 is 0 Å². The zero-order valence-corrected chi connectivity index (χ0v) is 96.1. The van der Waals surface area contributed by atoms with E-state index in [1.807, 2.05) is 174 Å². The SMILES string of the molecule is C.C=C.C=CC(=O)N1CCN(c2nc(OCC3CCCN3C)nc3c2CCC2(Oc4ccccc4C2C)C3=O)CC1CC#N.CC.CC.CC.CC.CC(Br)c1ccccc1O.CC1c2ccccc2OC12CCc1c(Cl)nc(Cl)nc1C2=O.CC1c2ccccc2OC12CCc1c(Cl)nc(Cl)nc1C2=O.CN1CCCC1CO.N#CCC1CCCNC1.O=C1CCCc2c(Cl)nc(Cl)nc21.O=C1c2nc(Cl)nc(Cl)c2CCC1Br. The van der Waals surface area contributed by atoms with E-state index < -0.39 is 16.8 Å². The summed E-state index contributed by atoms with van der Waals surface area (Å²) in [6, 6.07) is 35.6. The molecule has 3 spiro atoms. The summed E-state index contributed by atoms with van der Waals surface area (Å²) in [5, 5.41) is 40.2. The van der Waals surface area contributed by atoms with Crippen LogP contribution in [0, 0.1) is 28.6 Å². The van der Waals surface area contributed by atoms with Gasteiger partial charge < -0.3 is 54.1 Å². The van der Waals surface area contributed by atoms with Gasteiger partial charge in [0, 0.05) is 117 Å². The van der Waals surface area contributed by atoms with Gasteiger partial charge >= 0.3 is 6.01 Å². The van der Waals surface area contributed by atoms with Gasteiger partial charge in [-0.3, -0.25) is 28.8 Å². The quantitative estimate of drug-likeness (QED) is 0.0397. The number of nitrogens with zero attached hydrogens (tertiary/aromatic N) is 16. The van der Waals surface area contributed by atoms with Crippen molar-refractivity contribution in [1.82, 2.24) is 69.9 Å². The molecule has 9 aromatic rings. The predicted molar refractivity (Wildman–Crippen MR) is 602 cm³/mol. The van der Waals surface area contributed by atoms with E-state index in [-0.39, 0.29) is 142 Å². The standard InChI is InChI=1S/C31H36N6O4.2C16H12Cl2N2O2.C8H5BrCl2N2O.C8H9BrO.C8H6Cl2N2O.C7H12N2.C6H13NO.4C2H6.C2H4.CH4/c1-4-26(38)37-17-16-36(18-21(37)12-14-32)29-24-11-13-31(20(2)23-9-5-6-10-25(23)41-31)28(39)27(24)33-30(34-29)40-19-22-8-7-15-35(22)3;2*1-8-9-4-2-3-5-11(9)22-16(8)7-6-10-12(13(16)21)19-15(18)20-14(10)17;9-4-2-1-3-5(6(4)14)12-8(11)13-7(3)10;1-6(9)7-4-2-3-5-8(7)10;9-7-4-2-1-3-5(13)6(4)11-8(10)12-7;8-4-3-7-2-1-5-9-6-7;1-7-4-2-3-6(7)5-8;5*1-2;/h4-6,9-10,20-22H,1,7-8,11-13,15-19H2,2-3H3;2*2-5,8H,6-7H2,1H3;4H,1-2H2;2-6,10H,1H3;1-3H2;7,9H,1-3,5-6H2;6,8H,2-5H2,1H3;4*1-2H3;1-2H2;1H4. The molecule has 29 nitrogen and oxygen atoms in total. The molecule has 12 atom stereocenters. The van der Waals surface area contributed by atoms with Gasteiger partial charge in [-0.1, -0.05) is 241 Å². The van der Waals surface area contributed by atoms with Crippen molar-refractivity contribution < 1.29 is 57.9 Å². The molecule has 5 aliphatic carbocycles. The van der Waals surface area contributed by atoms with Crippen molar-refractivity contribution >= 4 is 165 Å². The number of likely N-dealkylation sites (N-methyl/N-ethyl adjacent to an activating group) is 2. The summed E-state index contributed by atoms with van der Waals surface area (Å²) >= 11 is 53.5. The van der Waals surface area contributed by atoms with Crippen LogP contribution in [-0.4, -0.2) is 222 Å². The Hall–Kier alpha value is -9.52. The smallest absolute Gasteiger partial charge is 0.319 e. The Balaban J connectivity index is 0.000000218. The first-order valence-electron chi connectivity index (χ1n) is 50.9. The first-order chi connectivity index (χ1) is 71.7. The van der Waals surface area contributed by atoms with E-state index in [4.69, 9.17) is 132 Å². The number of likely N-dealkylation sites (tertiary alicyclic amines) is 2. The monoisotopic (exact) mass is 2340 g/mol. The van der Waals surface area contributed by atoms with Gasteiger partial charge in [0.1, 0.15) is 84.5 Å². The van der Waals surface area contributed by atoms with Gasteiger partial charge in [-0.15, -0.1) is 13.2 Å². The second-order valence-electron chi connectivity index (χ2n) is 36.0. The number of nitrogens with one attached hydrogen (secondary N) is 1. The van der Waals surface area contributed by atoms with E-state index in [1.54, 1.807) is 11.0 Å². The summed E-state index contributed by atoms with van der Waals surface area (Å²) in [7, 11) is 4.15. The Bertz CT molecular complexity index is 6110. The molecule has 7 aliphatic heterocycles. The summed E-state index contributed by atoms with van der Waals surface area (Å²) in [6.45, 7) is 40.2. The number of halogens is 10. The van der Waals surface area contributed by atoms with Crippen LogP contribution < -0.4 is 29.2 Å². The number of nitriles is 2. The van der Waals surface area contributed by atoms with Crippen LogP contribution in [0.1, 0.15) is 305 Å². The number of ether oxygens (including phenoxy) is 4. The minimum Gasteiger partial charge on any atom is -0.508 e. The molecule has 0 radical (unpaired) electrons. The van der Waals surface area contributed by atoms with Crippen LogP contribution in [0.3, 0.4) is 0 Å². The molecule has 4 saturated heterocycles. The lowest BCUT2D eigenvalue weighted by Gasteiger charge is -2.42. The van der Waals surface area contributed by atoms with Crippen LogP contribution in [0.15, 0.2) is 123 Å². The van der Waals surface area contributed by atoms with Crippen molar-refractivity contribution in [3.8, 4) is 41.1 Å². The Labute approximate surface area is 939 Å². The number of alkyl halides is 2. The number of hydrogen-bond acceptors (Lipinski definition) is 28. The number of para-hydroxylation sites is 4. The largest absolute Gasteiger partial charge is 0.508 e. The molecule has 150 heavy (non-hydrogen) atoms. The number of ketones is 5. The van der Waals surface area contributed by atoms with Crippen LogP contribution in [0.5, 0.6) is 29.0 Å². The Morgan fingerprint density at radius 3 is 1.35 bits per heavy atom. The highest BCUT2D eigenvalue weighted by Crippen LogP contribution is 2.55. The highest BCUT2D eigenvalue weighted by atomic mass is 79.9. The molecule has 12 aliphatic rings. The number of aromatic hydroxyl groups is 1. The molecule has 12 unspecified atom stereocenters. The summed E-state index contributed by atoms with van der Waals surface area (Å²) in [5.41, 5.74) is 6.40. The van der Waals surface area contributed by atoms with Gasteiger partial charge in [0.15, 0.2) is 28.4 Å². The first kappa shape index (κ1) is 126. The second-order valence-corrected chi connectivity index (χ2v) is 41.2. The minimum atomic E-state index is -1.02. The highest BCUT2D eigenvalue weighted by molar-refractivity contribution is 9.10. The number of aliphatic hydroxyl groups excluding tert-OH is 1. The van der Waals surface area contributed by atoms with E-state index in [1.165, 1.54) is 31.8 Å². The number of piperazine rings is 1. The number of piperidine rings is 1. The van der Waals surface area contributed by atoms with Gasteiger partial charge in [-0.2, -0.15) is 20.5 Å². The van der Waals surface area contributed by atoms with Crippen molar-refractivity contribution in [3.63, 3.8) is 0 Å². The van der Waals surface area contributed by atoms with Crippen LogP contribution >= 0.6 is 125 Å². The third-order valence-electron chi connectivity index (χ3n) is 27.8. The molecule has 39 heteroatoms. The van der Waals surface area contributed by atoms with Crippen LogP contribution in [-0.2, 0) is 36.9 Å². The number of aliphatic hydroxyl groups is 1. The summed E-state index contributed by atoms with van der Waals surface area (Å²) < 4.78 is 24.8. The zero-order valence-electron chi connectivity index (χ0n) is 86.8. The highest BCUT2D eigenvalue weighted by Gasteiger charge is 2.59. The summed E-state index contributed by atoms with van der Waals surface area (Å²) in [5.74, 6) is 2.95. The second kappa shape index (κ2) is 59.8. The number of phenolic OH excluding ortho intramolecular Hbond substituents is 1. The zero-order chi connectivity index (χ0) is 109. The minimum absolute atomic E-state index is 0. The summed E-state index contributed by atoms with van der Waals surface area (Å²) in [6.07, 6.45) is 16.2. The topological polar surface area (TPSA) is 381 Å². The maximum atomic E-state index is 14.4. The predicted octanol–water partition coefficient (Wildman–Crippen LogP) is 25.2. The normalized spacial score (nSPS) is 22.7. The molecule has 21 rings (SSSR count).